The first kappa shape index (κ1) is 17.3. The van der Waals surface area contributed by atoms with E-state index in [0.29, 0.717) is 31.8 Å². The fourth-order valence-corrected chi connectivity index (χ4v) is 2.67. The van der Waals surface area contributed by atoms with Gasteiger partial charge in [0, 0.05) is 37.3 Å². The number of nitrogens with zero attached hydrogens (tertiary/aromatic N) is 3. The maximum absolute atomic E-state index is 12.3. The monoisotopic (exact) mass is 342 g/mol. The molecule has 0 bridgehead atoms. The summed E-state index contributed by atoms with van der Waals surface area (Å²) in [5, 5.41) is 3.06. The van der Waals surface area contributed by atoms with Crippen molar-refractivity contribution >= 4 is 5.91 Å². The number of ether oxygens (including phenoxy) is 2. The van der Waals surface area contributed by atoms with Gasteiger partial charge in [-0.05, 0) is 31.9 Å². The van der Waals surface area contributed by atoms with E-state index < -0.39 is 0 Å². The number of aromatic nitrogens is 3. The third kappa shape index (κ3) is 5.22. The zero-order valence-electron chi connectivity index (χ0n) is 14.2. The Morgan fingerprint density at radius 1 is 1.32 bits per heavy atom. The van der Waals surface area contributed by atoms with Crippen LogP contribution in [0.3, 0.4) is 0 Å². The molecule has 0 spiro atoms. The molecule has 2 aromatic heterocycles. The maximum Gasteiger partial charge on any atom is 0.220 e. The summed E-state index contributed by atoms with van der Waals surface area (Å²) in [4.78, 5) is 24.7. The summed E-state index contributed by atoms with van der Waals surface area (Å²) < 4.78 is 11.5. The van der Waals surface area contributed by atoms with E-state index in [1.165, 1.54) is 0 Å². The minimum absolute atomic E-state index is 0.0202. The van der Waals surface area contributed by atoms with Crippen molar-refractivity contribution in [3.05, 3.63) is 48.3 Å². The molecule has 0 unspecified atom stereocenters. The van der Waals surface area contributed by atoms with Crippen LogP contribution in [0.1, 0.15) is 24.2 Å². The summed E-state index contributed by atoms with van der Waals surface area (Å²) >= 11 is 0. The van der Waals surface area contributed by atoms with E-state index in [9.17, 15) is 4.79 Å². The second-order valence-corrected chi connectivity index (χ2v) is 6.03. The molecule has 1 fully saturated rings. The molecule has 1 aliphatic rings. The van der Waals surface area contributed by atoms with Crippen molar-refractivity contribution in [2.24, 2.45) is 0 Å². The third-order valence-electron chi connectivity index (χ3n) is 4.05. The van der Waals surface area contributed by atoms with Crippen LogP contribution in [0.15, 0.2) is 36.9 Å². The number of carbonyl (C=O) groups is 1. The van der Waals surface area contributed by atoms with Gasteiger partial charge in [0.2, 0.25) is 5.91 Å². The Labute approximate surface area is 146 Å². The lowest BCUT2D eigenvalue weighted by Crippen LogP contribution is -2.51. The van der Waals surface area contributed by atoms with Gasteiger partial charge in [-0.3, -0.25) is 19.7 Å². The van der Waals surface area contributed by atoms with E-state index >= 15 is 0 Å². The largest absolute Gasteiger partial charge is 0.484 e. The van der Waals surface area contributed by atoms with E-state index in [1.807, 2.05) is 19.1 Å². The summed E-state index contributed by atoms with van der Waals surface area (Å²) in [5.74, 6) is 0.660. The molecule has 0 saturated carbocycles. The van der Waals surface area contributed by atoms with E-state index in [1.54, 1.807) is 24.8 Å². The average molecular weight is 342 g/mol. The van der Waals surface area contributed by atoms with Crippen molar-refractivity contribution in [3.8, 4) is 5.75 Å². The van der Waals surface area contributed by atoms with Gasteiger partial charge in [-0.15, -0.1) is 0 Å². The summed E-state index contributed by atoms with van der Waals surface area (Å²) in [5.41, 5.74) is 1.74. The number of nitrogens with one attached hydrogen (secondary N) is 1. The highest BCUT2D eigenvalue weighted by Crippen LogP contribution is 2.17. The lowest BCUT2D eigenvalue weighted by Gasteiger charge is -2.32. The lowest BCUT2D eigenvalue weighted by molar-refractivity contribution is -0.123. The summed E-state index contributed by atoms with van der Waals surface area (Å²) in [6.45, 7) is 2.98. The first-order valence-electron chi connectivity index (χ1n) is 8.42. The summed E-state index contributed by atoms with van der Waals surface area (Å²) in [6, 6.07) is 3.70. The van der Waals surface area contributed by atoms with E-state index in [4.69, 9.17) is 9.47 Å². The second kappa shape index (κ2) is 8.53. The van der Waals surface area contributed by atoms with Gasteiger partial charge in [-0.2, -0.15) is 0 Å². The highest BCUT2D eigenvalue weighted by molar-refractivity contribution is 5.76. The molecule has 2 atom stereocenters. The van der Waals surface area contributed by atoms with Gasteiger partial charge in [0.1, 0.15) is 11.9 Å². The fourth-order valence-electron chi connectivity index (χ4n) is 2.67. The molecule has 25 heavy (non-hydrogen) atoms. The standard InChI is InChI=1S/C18H22N4O3/c1-13-2-4-15(11-21-13)25-17-12-24-9-6-16(17)22-18(23)5-3-14-10-19-7-8-20-14/h2,4,7-8,10-11,16-17H,3,5-6,9,12H2,1H3,(H,22,23)/t16-,17+/m0/s1. The smallest absolute Gasteiger partial charge is 0.220 e. The van der Waals surface area contributed by atoms with E-state index in [-0.39, 0.29) is 18.1 Å². The van der Waals surface area contributed by atoms with Crippen LogP contribution in [-0.4, -0.2) is 46.2 Å². The predicted octanol–water partition coefficient (Wildman–Crippen LogP) is 1.47. The van der Waals surface area contributed by atoms with Crippen molar-refractivity contribution in [3.63, 3.8) is 0 Å². The Hall–Kier alpha value is -2.54. The third-order valence-corrected chi connectivity index (χ3v) is 4.05. The molecular weight excluding hydrogens is 320 g/mol. The molecule has 0 aliphatic carbocycles. The number of pyridine rings is 1. The molecule has 7 nitrogen and oxygen atoms in total. The first-order chi connectivity index (χ1) is 12.2. The van der Waals surface area contributed by atoms with Crippen molar-refractivity contribution in [1.82, 2.24) is 20.3 Å². The van der Waals surface area contributed by atoms with Gasteiger partial charge in [-0.1, -0.05) is 0 Å². The molecule has 1 N–H and O–H groups in total. The average Bonchev–Trinajstić information content (AvgIpc) is 2.64. The number of amides is 1. The van der Waals surface area contributed by atoms with Gasteiger partial charge < -0.3 is 14.8 Å². The predicted molar refractivity (Wildman–Crippen MR) is 91.1 cm³/mol. The highest BCUT2D eigenvalue weighted by Gasteiger charge is 2.29. The molecule has 3 heterocycles. The minimum Gasteiger partial charge on any atom is -0.484 e. The Morgan fingerprint density at radius 2 is 2.24 bits per heavy atom. The zero-order chi connectivity index (χ0) is 17.5. The van der Waals surface area contributed by atoms with Crippen LogP contribution < -0.4 is 10.1 Å². The zero-order valence-corrected chi connectivity index (χ0v) is 14.2. The van der Waals surface area contributed by atoms with E-state index in [2.05, 4.69) is 20.3 Å². The number of rotatable bonds is 6. The van der Waals surface area contributed by atoms with Crippen LogP contribution in [-0.2, 0) is 16.0 Å². The van der Waals surface area contributed by atoms with Gasteiger partial charge in [0.25, 0.3) is 0 Å². The van der Waals surface area contributed by atoms with Crippen molar-refractivity contribution in [2.45, 2.75) is 38.3 Å². The molecule has 1 amide bonds. The Bertz CT molecular complexity index is 678. The maximum atomic E-state index is 12.3. The number of aryl methyl sites for hydroxylation is 2. The normalized spacial score (nSPS) is 20.0. The van der Waals surface area contributed by atoms with Crippen LogP contribution in [0.4, 0.5) is 0 Å². The quantitative estimate of drug-likeness (QED) is 0.855. The fraction of sp³-hybridized carbons (Fsp3) is 0.444. The number of carbonyl (C=O) groups excluding carboxylic acids is 1. The number of hydrogen-bond acceptors (Lipinski definition) is 6. The van der Waals surface area contributed by atoms with Gasteiger partial charge in [0.05, 0.1) is 24.5 Å². The van der Waals surface area contributed by atoms with Gasteiger partial charge in [-0.25, -0.2) is 0 Å². The van der Waals surface area contributed by atoms with Gasteiger partial charge >= 0.3 is 0 Å². The topological polar surface area (TPSA) is 86.2 Å². The molecule has 2 aromatic rings. The highest BCUT2D eigenvalue weighted by atomic mass is 16.5. The van der Waals surface area contributed by atoms with Crippen molar-refractivity contribution in [1.29, 1.82) is 0 Å². The van der Waals surface area contributed by atoms with Gasteiger partial charge in [0.15, 0.2) is 0 Å². The molecule has 0 radical (unpaired) electrons. The lowest BCUT2D eigenvalue weighted by atomic mass is 10.1. The Morgan fingerprint density at radius 3 is 3.00 bits per heavy atom. The SMILES string of the molecule is Cc1ccc(O[C@@H]2COCC[C@@H]2NC(=O)CCc2cnccn2)cn1. The summed E-state index contributed by atoms with van der Waals surface area (Å²) in [6.07, 6.45) is 8.05. The minimum atomic E-state index is -0.223. The molecule has 132 valence electrons. The number of hydrogen-bond donors (Lipinski definition) is 1. The Kier molecular flexibility index (Phi) is 5.90. The summed E-state index contributed by atoms with van der Waals surface area (Å²) in [7, 11) is 0. The molecule has 1 saturated heterocycles. The van der Waals surface area contributed by atoms with E-state index in [0.717, 1.165) is 17.8 Å². The first-order valence-corrected chi connectivity index (χ1v) is 8.42. The van der Waals surface area contributed by atoms with Crippen LogP contribution in [0, 0.1) is 6.92 Å². The van der Waals surface area contributed by atoms with Crippen molar-refractivity contribution in [2.75, 3.05) is 13.2 Å². The molecule has 1 aliphatic heterocycles. The van der Waals surface area contributed by atoms with Crippen LogP contribution in [0.5, 0.6) is 5.75 Å². The molecule has 0 aromatic carbocycles. The van der Waals surface area contributed by atoms with Crippen LogP contribution in [0.2, 0.25) is 0 Å². The molecular formula is C18H22N4O3. The van der Waals surface area contributed by atoms with Crippen LogP contribution in [0.25, 0.3) is 0 Å². The molecule has 3 rings (SSSR count). The molecule has 7 heteroatoms. The Balaban J connectivity index is 1.53. The second-order valence-electron chi connectivity index (χ2n) is 6.03. The van der Waals surface area contributed by atoms with Crippen molar-refractivity contribution < 1.29 is 14.3 Å². The van der Waals surface area contributed by atoms with Crippen LogP contribution >= 0.6 is 0 Å².